The van der Waals surface area contributed by atoms with Crippen LogP contribution in [0.3, 0.4) is 0 Å². The van der Waals surface area contributed by atoms with Gasteiger partial charge in [0.25, 0.3) is 5.91 Å². The topological polar surface area (TPSA) is 52.9 Å². The fourth-order valence-electron chi connectivity index (χ4n) is 1.72. The van der Waals surface area contributed by atoms with Crippen molar-refractivity contribution in [2.24, 2.45) is 0 Å². The van der Waals surface area contributed by atoms with E-state index in [1.165, 1.54) is 18.2 Å². The predicted molar refractivity (Wildman–Crippen MR) is 74.9 cm³/mol. The van der Waals surface area contributed by atoms with Crippen LogP contribution in [-0.2, 0) is 4.79 Å². The number of hydrogen-bond donors (Lipinski definition) is 1. The molecular formula is C16H8F4N2O. The Morgan fingerprint density at radius 3 is 2.48 bits per heavy atom. The molecule has 7 heteroatoms. The van der Waals surface area contributed by atoms with Crippen LogP contribution in [0.4, 0.5) is 23.2 Å². The van der Waals surface area contributed by atoms with Gasteiger partial charge in [-0.2, -0.15) is 5.26 Å². The number of benzene rings is 2. The molecule has 0 fully saturated rings. The van der Waals surface area contributed by atoms with Crippen molar-refractivity contribution in [3.05, 3.63) is 70.8 Å². The Balaban J connectivity index is 2.30. The lowest BCUT2D eigenvalue weighted by Crippen LogP contribution is -2.14. The average molecular weight is 320 g/mol. The molecule has 1 amide bonds. The van der Waals surface area contributed by atoms with E-state index in [2.05, 4.69) is 5.32 Å². The number of nitrogens with zero attached hydrogens (tertiary/aromatic N) is 1. The molecule has 0 heterocycles. The van der Waals surface area contributed by atoms with Gasteiger partial charge in [0.15, 0.2) is 11.6 Å². The SMILES string of the molecule is N#C/C(=C/c1cccc(F)c1F)C(=O)Nc1ccc(F)cc1F. The summed E-state index contributed by atoms with van der Waals surface area (Å²) in [6.07, 6.45) is 0.829. The third kappa shape index (κ3) is 3.74. The van der Waals surface area contributed by atoms with Gasteiger partial charge in [-0.05, 0) is 24.3 Å². The molecule has 3 nitrogen and oxygen atoms in total. The maximum Gasteiger partial charge on any atom is 0.266 e. The van der Waals surface area contributed by atoms with E-state index in [-0.39, 0.29) is 11.3 Å². The molecule has 0 aromatic heterocycles. The largest absolute Gasteiger partial charge is 0.319 e. The summed E-state index contributed by atoms with van der Waals surface area (Å²) in [6.45, 7) is 0. The van der Waals surface area contributed by atoms with Crippen LogP contribution in [0.1, 0.15) is 5.56 Å². The number of halogens is 4. The number of rotatable bonds is 3. The van der Waals surface area contributed by atoms with Crippen LogP contribution in [0.2, 0.25) is 0 Å². The minimum absolute atomic E-state index is 0.309. The molecule has 0 saturated heterocycles. The van der Waals surface area contributed by atoms with Crippen LogP contribution in [0.5, 0.6) is 0 Å². The highest BCUT2D eigenvalue weighted by Gasteiger charge is 2.14. The molecule has 2 rings (SSSR count). The van der Waals surface area contributed by atoms with Crippen LogP contribution < -0.4 is 5.32 Å². The van der Waals surface area contributed by atoms with Gasteiger partial charge < -0.3 is 5.32 Å². The molecule has 0 aliphatic rings. The highest BCUT2D eigenvalue weighted by molar-refractivity contribution is 6.09. The molecular weight excluding hydrogens is 312 g/mol. The van der Waals surface area contributed by atoms with Crippen LogP contribution in [0, 0.1) is 34.6 Å². The molecule has 0 spiro atoms. The lowest BCUT2D eigenvalue weighted by atomic mass is 10.1. The lowest BCUT2D eigenvalue weighted by Gasteiger charge is -2.06. The first-order valence-electron chi connectivity index (χ1n) is 6.24. The molecule has 0 aliphatic carbocycles. The van der Waals surface area contributed by atoms with E-state index in [0.717, 1.165) is 24.3 Å². The van der Waals surface area contributed by atoms with Crippen LogP contribution in [0.25, 0.3) is 6.08 Å². The Bertz CT molecular complexity index is 840. The van der Waals surface area contributed by atoms with E-state index >= 15 is 0 Å². The first-order chi connectivity index (χ1) is 10.9. The van der Waals surface area contributed by atoms with E-state index in [0.29, 0.717) is 6.07 Å². The number of amides is 1. The van der Waals surface area contributed by atoms with Gasteiger partial charge in [0.2, 0.25) is 0 Å². The van der Waals surface area contributed by atoms with Crippen molar-refractivity contribution >= 4 is 17.7 Å². The lowest BCUT2D eigenvalue weighted by molar-refractivity contribution is -0.112. The van der Waals surface area contributed by atoms with Crippen molar-refractivity contribution in [3.8, 4) is 6.07 Å². The number of carbonyl (C=O) groups is 1. The van der Waals surface area contributed by atoms with Gasteiger partial charge in [0.05, 0.1) is 5.69 Å². The Hall–Kier alpha value is -3.14. The van der Waals surface area contributed by atoms with Gasteiger partial charge in [-0.15, -0.1) is 0 Å². The predicted octanol–water partition coefficient (Wildman–Crippen LogP) is 3.79. The molecule has 2 aromatic carbocycles. The van der Waals surface area contributed by atoms with Gasteiger partial charge in [-0.3, -0.25) is 4.79 Å². The third-order valence-electron chi connectivity index (χ3n) is 2.83. The minimum atomic E-state index is -1.22. The van der Waals surface area contributed by atoms with Gasteiger partial charge in [0.1, 0.15) is 23.3 Å². The zero-order valence-electron chi connectivity index (χ0n) is 11.4. The van der Waals surface area contributed by atoms with E-state index in [1.807, 2.05) is 0 Å². The standard InChI is InChI=1S/C16H8F4N2O/c17-11-4-5-14(13(19)7-11)22-16(23)10(8-21)6-9-2-1-3-12(18)15(9)20/h1-7H,(H,22,23)/b10-6-. The summed E-state index contributed by atoms with van der Waals surface area (Å²) in [5.41, 5.74) is -1.23. The van der Waals surface area contributed by atoms with Gasteiger partial charge in [0, 0.05) is 11.6 Å². The second-order valence-corrected chi connectivity index (χ2v) is 4.39. The third-order valence-corrected chi connectivity index (χ3v) is 2.83. The van der Waals surface area contributed by atoms with Crippen molar-refractivity contribution in [2.75, 3.05) is 5.32 Å². The first-order valence-corrected chi connectivity index (χ1v) is 6.24. The molecule has 23 heavy (non-hydrogen) atoms. The van der Waals surface area contributed by atoms with E-state index < -0.39 is 34.7 Å². The minimum Gasteiger partial charge on any atom is -0.319 e. The maximum absolute atomic E-state index is 13.5. The van der Waals surface area contributed by atoms with Gasteiger partial charge >= 0.3 is 0 Å². The van der Waals surface area contributed by atoms with Crippen molar-refractivity contribution in [1.29, 1.82) is 5.26 Å². The van der Waals surface area contributed by atoms with Crippen molar-refractivity contribution in [2.45, 2.75) is 0 Å². The molecule has 0 radical (unpaired) electrons. The summed E-state index contributed by atoms with van der Waals surface area (Å²) < 4.78 is 52.9. The summed E-state index contributed by atoms with van der Waals surface area (Å²) in [6, 6.07) is 7.21. The molecule has 0 aliphatic heterocycles. The summed E-state index contributed by atoms with van der Waals surface area (Å²) in [7, 11) is 0. The van der Waals surface area contributed by atoms with Crippen LogP contribution in [0.15, 0.2) is 42.0 Å². The Morgan fingerprint density at radius 2 is 1.83 bits per heavy atom. The Kier molecular flexibility index (Phi) is 4.76. The number of carbonyl (C=O) groups excluding carboxylic acids is 1. The highest BCUT2D eigenvalue weighted by Crippen LogP contribution is 2.18. The summed E-state index contributed by atoms with van der Waals surface area (Å²) >= 11 is 0. The molecule has 1 N–H and O–H groups in total. The summed E-state index contributed by atoms with van der Waals surface area (Å²) in [5, 5.41) is 11.0. The van der Waals surface area contributed by atoms with Crippen molar-refractivity contribution in [1.82, 2.24) is 0 Å². The number of anilines is 1. The van der Waals surface area contributed by atoms with Crippen LogP contribution in [-0.4, -0.2) is 5.91 Å². The Morgan fingerprint density at radius 1 is 1.09 bits per heavy atom. The normalized spacial score (nSPS) is 11.0. The first kappa shape index (κ1) is 16.2. The molecule has 0 atom stereocenters. The molecule has 0 bridgehead atoms. The fraction of sp³-hybridized carbons (Fsp3) is 0. The quantitative estimate of drug-likeness (QED) is 0.531. The Labute approximate surface area is 128 Å². The van der Waals surface area contributed by atoms with Gasteiger partial charge in [-0.25, -0.2) is 17.6 Å². The fourth-order valence-corrected chi connectivity index (χ4v) is 1.72. The smallest absolute Gasteiger partial charge is 0.266 e. The van der Waals surface area contributed by atoms with Crippen molar-refractivity contribution < 1.29 is 22.4 Å². The zero-order valence-corrected chi connectivity index (χ0v) is 11.4. The highest BCUT2D eigenvalue weighted by atomic mass is 19.2. The summed E-state index contributed by atoms with van der Waals surface area (Å²) in [4.78, 5) is 11.9. The van der Waals surface area contributed by atoms with Gasteiger partial charge in [-0.1, -0.05) is 12.1 Å². The average Bonchev–Trinajstić information content (AvgIpc) is 2.51. The molecule has 0 saturated carbocycles. The number of nitriles is 1. The zero-order chi connectivity index (χ0) is 17.0. The maximum atomic E-state index is 13.5. The van der Waals surface area contributed by atoms with Crippen molar-refractivity contribution in [3.63, 3.8) is 0 Å². The second kappa shape index (κ2) is 6.75. The molecule has 2 aromatic rings. The molecule has 116 valence electrons. The summed E-state index contributed by atoms with van der Waals surface area (Å²) in [5.74, 6) is -5.27. The second-order valence-electron chi connectivity index (χ2n) is 4.39. The molecule has 0 unspecified atom stereocenters. The van der Waals surface area contributed by atoms with E-state index in [4.69, 9.17) is 5.26 Å². The number of nitrogens with one attached hydrogen (secondary N) is 1. The van der Waals surface area contributed by atoms with E-state index in [9.17, 15) is 22.4 Å². The van der Waals surface area contributed by atoms with E-state index in [1.54, 1.807) is 0 Å². The number of hydrogen-bond acceptors (Lipinski definition) is 2. The monoisotopic (exact) mass is 320 g/mol. The van der Waals surface area contributed by atoms with Crippen LogP contribution >= 0.6 is 0 Å².